The molecule has 31 heavy (non-hydrogen) atoms. The number of likely N-dealkylation sites (N-methyl/N-ethyl adjacent to an activating group) is 1. The lowest BCUT2D eigenvalue weighted by molar-refractivity contribution is -0.138. The first-order valence-electron chi connectivity index (χ1n) is 10.7. The number of carboxylic acid groups (broad SMARTS) is 1. The summed E-state index contributed by atoms with van der Waals surface area (Å²) in [6, 6.07) is 8.54. The van der Waals surface area contributed by atoms with Crippen LogP contribution in [0.1, 0.15) is 51.0 Å². The van der Waals surface area contributed by atoms with Crippen LogP contribution in [0.25, 0.3) is 0 Å². The summed E-state index contributed by atoms with van der Waals surface area (Å²) in [5.41, 5.74) is 1.00. The maximum Gasteiger partial charge on any atom is 0.322 e. The van der Waals surface area contributed by atoms with Crippen molar-refractivity contribution in [1.82, 2.24) is 10.2 Å². The lowest BCUT2D eigenvalue weighted by atomic mass is 9.98. The van der Waals surface area contributed by atoms with Crippen LogP contribution in [-0.4, -0.2) is 59.1 Å². The van der Waals surface area contributed by atoms with E-state index >= 15 is 0 Å². The third-order valence-electron chi connectivity index (χ3n) is 5.35. The van der Waals surface area contributed by atoms with Crippen molar-refractivity contribution in [3.63, 3.8) is 0 Å². The number of aryl methyl sites for hydroxylation is 1. The number of hydrogen-bond donors (Lipinski definition) is 3. The molecule has 1 aliphatic heterocycles. The molecule has 1 aromatic carbocycles. The Kier molecular flexibility index (Phi) is 9.37. The standard InChI is InChI=1S/C14H20O.C9H12N2O5/c1-2-12-8-10-14(11-9-12)15-13-6-4-3-5-7-13;1-11-3-2-5(12)7(9(11)16)8(15)10-4-6(13)14/h8-11,13H,2-7H2,1H3;12H,2-4H2,1H3,(H,10,15)(H,13,14). The van der Waals surface area contributed by atoms with Crippen molar-refractivity contribution in [2.24, 2.45) is 0 Å². The first kappa shape index (κ1) is 24.2. The quantitative estimate of drug-likeness (QED) is 0.595. The molecule has 0 unspecified atom stereocenters. The van der Waals surface area contributed by atoms with E-state index < -0.39 is 24.3 Å². The number of aliphatic carboxylic acids is 1. The Bertz CT molecular complexity index is 797. The average molecular weight is 433 g/mol. The van der Waals surface area contributed by atoms with Gasteiger partial charge in [-0.15, -0.1) is 0 Å². The maximum atomic E-state index is 11.5. The van der Waals surface area contributed by atoms with Gasteiger partial charge in [0.25, 0.3) is 11.8 Å². The van der Waals surface area contributed by atoms with E-state index in [1.54, 1.807) is 0 Å². The summed E-state index contributed by atoms with van der Waals surface area (Å²) >= 11 is 0. The molecule has 0 radical (unpaired) electrons. The number of carbonyl (C=O) groups excluding carboxylic acids is 2. The Morgan fingerprint density at radius 1 is 1.16 bits per heavy atom. The molecule has 1 heterocycles. The van der Waals surface area contributed by atoms with Gasteiger partial charge in [0, 0.05) is 20.0 Å². The first-order valence-corrected chi connectivity index (χ1v) is 10.7. The van der Waals surface area contributed by atoms with Gasteiger partial charge in [-0.3, -0.25) is 14.4 Å². The molecule has 1 saturated carbocycles. The van der Waals surface area contributed by atoms with Crippen molar-refractivity contribution in [1.29, 1.82) is 0 Å². The molecule has 0 atom stereocenters. The Hall–Kier alpha value is -3.03. The minimum Gasteiger partial charge on any atom is -0.511 e. The van der Waals surface area contributed by atoms with Gasteiger partial charge in [0.2, 0.25) is 0 Å². The van der Waals surface area contributed by atoms with E-state index in [2.05, 4.69) is 31.2 Å². The lowest BCUT2D eigenvalue weighted by Gasteiger charge is -2.23. The van der Waals surface area contributed by atoms with E-state index in [0.29, 0.717) is 12.6 Å². The average Bonchev–Trinajstić information content (AvgIpc) is 2.77. The first-order chi connectivity index (χ1) is 14.8. The molecule has 0 bridgehead atoms. The Labute approximate surface area is 182 Å². The van der Waals surface area contributed by atoms with Crippen LogP contribution in [-0.2, 0) is 20.8 Å². The van der Waals surface area contributed by atoms with Crippen LogP contribution in [0.3, 0.4) is 0 Å². The van der Waals surface area contributed by atoms with E-state index in [4.69, 9.17) is 9.84 Å². The van der Waals surface area contributed by atoms with Crippen LogP contribution in [0, 0.1) is 0 Å². The minimum atomic E-state index is -1.22. The zero-order valence-corrected chi connectivity index (χ0v) is 18.2. The molecule has 0 spiro atoms. The lowest BCUT2D eigenvalue weighted by Crippen LogP contribution is -2.41. The van der Waals surface area contributed by atoms with Gasteiger partial charge >= 0.3 is 5.97 Å². The Morgan fingerprint density at radius 3 is 2.39 bits per heavy atom. The van der Waals surface area contributed by atoms with E-state index in [-0.39, 0.29) is 17.8 Å². The SMILES string of the molecule is CCc1ccc(OC2CCCCC2)cc1.CN1CCC(O)=C(C(=O)NCC(=O)O)C1=O. The van der Waals surface area contributed by atoms with Crippen molar-refractivity contribution in [2.75, 3.05) is 20.1 Å². The van der Waals surface area contributed by atoms with Crippen molar-refractivity contribution in [2.45, 2.75) is 58.0 Å². The largest absolute Gasteiger partial charge is 0.511 e. The van der Waals surface area contributed by atoms with Gasteiger partial charge in [-0.2, -0.15) is 0 Å². The van der Waals surface area contributed by atoms with Gasteiger partial charge in [0.1, 0.15) is 23.6 Å². The fourth-order valence-electron chi connectivity index (χ4n) is 3.47. The highest BCUT2D eigenvalue weighted by atomic mass is 16.5. The van der Waals surface area contributed by atoms with Gasteiger partial charge < -0.3 is 25.2 Å². The smallest absolute Gasteiger partial charge is 0.322 e. The van der Waals surface area contributed by atoms with E-state index in [1.807, 2.05) is 5.32 Å². The van der Waals surface area contributed by atoms with Crippen LogP contribution in [0.2, 0.25) is 0 Å². The van der Waals surface area contributed by atoms with Crippen molar-refractivity contribution in [3.05, 3.63) is 41.2 Å². The number of nitrogens with zero attached hydrogens (tertiary/aromatic N) is 1. The zero-order valence-electron chi connectivity index (χ0n) is 18.2. The van der Waals surface area contributed by atoms with Crippen LogP contribution < -0.4 is 10.1 Å². The highest BCUT2D eigenvalue weighted by Gasteiger charge is 2.30. The van der Waals surface area contributed by atoms with Gasteiger partial charge in [-0.1, -0.05) is 25.5 Å². The van der Waals surface area contributed by atoms with Crippen molar-refractivity contribution >= 4 is 17.8 Å². The number of ether oxygens (including phenoxy) is 1. The topological polar surface area (TPSA) is 116 Å². The molecule has 3 N–H and O–H groups in total. The van der Waals surface area contributed by atoms with Gasteiger partial charge in [-0.25, -0.2) is 0 Å². The molecule has 0 aromatic heterocycles. The molecular formula is C23H32N2O6. The molecule has 1 aliphatic carbocycles. The van der Waals surface area contributed by atoms with E-state index in [1.165, 1.54) is 49.6 Å². The molecule has 1 fully saturated rings. The highest BCUT2D eigenvalue weighted by molar-refractivity contribution is 6.19. The number of aliphatic hydroxyl groups excluding tert-OH is 1. The van der Waals surface area contributed by atoms with E-state index in [0.717, 1.165) is 12.2 Å². The molecule has 1 aromatic rings. The van der Waals surface area contributed by atoms with E-state index in [9.17, 15) is 19.5 Å². The predicted octanol–water partition coefficient (Wildman–Crippen LogP) is 2.82. The second kappa shape index (κ2) is 12.0. The molecule has 2 aliphatic rings. The van der Waals surface area contributed by atoms with Gasteiger partial charge in [0.15, 0.2) is 0 Å². The number of aliphatic hydroxyl groups is 1. The number of hydrogen-bond acceptors (Lipinski definition) is 5. The summed E-state index contributed by atoms with van der Waals surface area (Å²) in [6.45, 7) is 1.92. The normalized spacial score (nSPS) is 17.0. The molecular weight excluding hydrogens is 400 g/mol. The fraction of sp³-hybridized carbons (Fsp3) is 0.522. The number of benzene rings is 1. The maximum absolute atomic E-state index is 11.5. The summed E-state index contributed by atoms with van der Waals surface area (Å²) in [4.78, 5) is 34.5. The zero-order chi connectivity index (χ0) is 22.8. The molecule has 170 valence electrons. The molecule has 8 nitrogen and oxygen atoms in total. The summed E-state index contributed by atoms with van der Waals surface area (Å²) < 4.78 is 5.95. The minimum absolute atomic E-state index is 0.193. The van der Waals surface area contributed by atoms with Crippen LogP contribution in [0.5, 0.6) is 5.75 Å². The van der Waals surface area contributed by atoms with Crippen LogP contribution in [0.4, 0.5) is 0 Å². The third kappa shape index (κ3) is 7.62. The number of amides is 2. The van der Waals surface area contributed by atoms with Gasteiger partial charge in [0.05, 0.1) is 6.10 Å². The fourth-order valence-corrected chi connectivity index (χ4v) is 3.47. The number of rotatable bonds is 6. The van der Waals surface area contributed by atoms with Crippen LogP contribution >= 0.6 is 0 Å². The van der Waals surface area contributed by atoms with Crippen molar-refractivity contribution in [3.8, 4) is 5.75 Å². The molecule has 2 amide bonds. The summed E-state index contributed by atoms with van der Waals surface area (Å²) in [5.74, 6) is -1.95. The highest BCUT2D eigenvalue weighted by Crippen LogP contribution is 2.23. The molecule has 8 heteroatoms. The number of nitrogens with one attached hydrogen (secondary N) is 1. The second-order valence-corrected chi connectivity index (χ2v) is 7.75. The Balaban J connectivity index is 0.000000220. The molecule has 3 rings (SSSR count). The Morgan fingerprint density at radius 2 is 1.81 bits per heavy atom. The number of carboxylic acids is 1. The number of carbonyl (C=O) groups is 3. The van der Waals surface area contributed by atoms with Crippen LogP contribution in [0.15, 0.2) is 35.6 Å². The second-order valence-electron chi connectivity index (χ2n) is 7.75. The molecule has 0 saturated heterocycles. The van der Waals surface area contributed by atoms with Gasteiger partial charge in [-0.05, 0) is 49.8 Å². The summed E-state index contributed by atoms with van der Waals surface area (Å²) in [5, 5.41) is 19.8. The summed E-state index contributed by atoms with van der Waals surface area (Å²) in [6.07, 6.45) is 8.27. The van der Waals surface area contributed by atoms with Crippen molar-refractivity contribution < 1.29 is 29.3 Å². The summed E-state index contributed by atoms with van der Waals surface area (Å²) in [7, 11) is 1.50. The third-order valence-corrected chi connectivity index (χ3v) is 5.35. The monoisotopic (exact) mass is 432 g/mol. The predicted molar refractivity (Wildman–Crippen MR) is 116 cm³/mol.